The Morgan fingerprint density at radius 3 is 1.57 bits per heavy atom. The molecule has 216 valence electrons. The van der Waals surface area contributed by atoms with Crippen LogP contribution in [0.3, 0.4) is 0 Å². The van der Waals surface area contributed by atoms with Crippen LogP contribution in [-0.4, -0.2) is 80.8 Å². The van der Waals surface area contributed by atoms with Gasteiger partial charge in [0.25, 0.3) is 0 Å². The standard InChI is InChI=1S/C26H33N5O9/c27-18(9-10-22(28)35)23(36)31-21(13-32)25(38)29-19(11-14-1-5-16(33)6-2-14)24(37)30-20(26(39)40)12-15-3-7-17(34)8-4-15/h1-8,18-21,32-34H,9-13,27H2,(H2,28,35)(H,29,38)(H,30,37)(H,31,36)(H,39,40). The van der Waals surface area contributed by atoms with E-state index in [2.05, 4.69) is 16.0 Å². The van der Waals surface area contributed by atoms with Gasteiger partial charge in [-0.2, -0.15) is 0 Å². The topological polar surface area (TPSA) is 254 Å². The van der Waals surface area contributed by atoms with E-state index >= 15 is 0 Å². The lowest BCUT2D eigenvalue weighted by molar-refractivity contribution is -0.142. The molecule has 0 bridgehead atoms. The van der Waals surface area contributed by atoms with E-state index in [0.29, 0.717) is 11.1 Å². The highest BCUT2D eigenvalue weighted by atomic mass is 16.4. The minimum absolute atomic E-state index is 0.0179. The summed E-state index contributed by atoms with van der Waals surface area (Å²) < 4.78 is 0. The lowest BCUT2D eigenvalue weighted by Crippen LogP contribution is -2.58. The second-order valence-electron chi connectivity index (χ2n) is 9.06. The van der Waals surface area contributed by atoms with Crippen molar-refractivity contribution in [3.8, 4) is 11.5 Å². The minimum atomic E-state index is -1.52. The summed E-state index contributed by atoms with van der Waals surface area (Å²) in [5, 5.41) is 45.4. The van der Waals surface area contributed by atoms with Crippen LogP contribution in [0.4, 0.5) is 0 Å². The summed E-state index contributed by atoms with van der Waals surface area (Å²) in [5.74, 6) is -4.74. The summed E-state index contributed by atoms with van der Waals surface area (Å²) in [6.07, 6.45) is -0.522. The number of aromatic hydroxyl groups is 2. The number of benzene rings is 2. The van der Waals surface area contributed by atoms with Crippen molar-refractivity contribution in [3.05, 3.63) is 59.7 Å². The molecule has 0 aliphatic rings. The number of amides is 4. The Labute approximate surface area is 229 Å². The lowest BCUT2D eigenvalue weighted by atomic mass is 10.0. The Kier molecular flexibility index (Phi) is 11.9. The number of phenols is 2. The largest absolute Gasteiger partial charge is 0.508 e. The number of carbonyl (C=O) groups is 5. The zero-order valence-electron chi connectivity index (χ0n) is 21.4. The molecule has 40 heavy (non-hydrogen) atoms. The summed E-state index contributed by atoms with van der Waals surface area (Å²) in [7, 11) is 0. The molecule has 0 aliphatic carbocycles. The third kappa shape index (κ3) is 10.2. The number of hydrogen-bond donors (Lipinski definition) is 9. The van der Waals surface area contributed by atoms with Crippen LogP contribution in [0.5, 0.6) is 11.5 Å². The maximum atomic E-state index is 13.2. The number of aliphatic hydroxyl groups excluding tert-OH is 1. The fraction of sp³-hybridized carbons (Fsp3) is 0.346. The molecule has 0 radical (unpaired) electrons. The van der Waals surface area contributed by atoms with Crippen molar-refractivity contribution >= 4 is 29.6 Å². The Hall–Kier alpha value is -4.69. The molecule has 11 N–H and O–H groups in total. The highest BCUT2D eigenvalue weighted by Crippen LogP contribution is 2.14. The van der Waals surface area contributed by atoms with Gasteiger partial charge in [0.2, 0.25) is 23.6 Å². The Balaban J connectivity index is 2.19. The molecule has 0 fully saturated rings. The predicted molar refractivity (Wildman–Crippen MR) is 141 cm³/mol. The first-order valence-corrected chi connectivity index (χ1v) is 12.2. The number of phenolic OH excluding ortho intramolecular Hbond substituents is 2. The third-order valence-electron chi connectivity index (χ3n) is 5.85. The maximum Gasteiger partial charge on any atom is 0.326 e. The third-order valence-corrected chi connectivity index (χ3v) is 5.85. The van der Waals surface area contributed by atoms with E-state index in [0.717, 1.165) is 0 Å². The monoisotopic (exact) mass is 559 g/mol. The summed E-state index contributed by atoms with van der Waals surface area (Å²) in [5.41, 5.74) is 11.8. The minimum Gasteiger partial charge on any atom is -0.508 e. The SMILES string of the molecule is NC(=O)CCC(N)C(=O)NC(CO)C(=O)NC(Cc1ccc(O)cc1)C(=O)NC(Cc1ccc(O)cc1)C(=O)O. The van der Waals surface area contributed by atoms with Gasteiger partial charge in [-0.05, 0) is 41.8 Å². The molecule has 0 saturated heterocycles. The highest BCUT2D eigenvalue weighted by molar-refractivity contribution is 5.94. The second-order valence-corrected chi connectivity index (χ2v) is 9.06. The van der Waals surface area contributed by atoms with Crippen molar-refractivity contribution in [2.75, 3.05) is 6.61 Å². The average molecular weight is 560 g/mol. The number of aliphatic hydroxyl groups is 1. The van der Waals surface area contributed by atoms with Crippen molar-refractivity contribution in [3.63, 3.8) is 0 Å². The molecule has 14 heteroatoms. The van der Waals surface area contributed by atoms with Crippen molar-refractivity contribution in [1.82, 2.24) is 16.0 Å². The molecule has 2 aromatic carbocycles. The van der Waals surface area contributed by atoms with Crippen molar-refractivity contribution in [2.45, 2.75) is 49.9 Å². The van der Waals surface area contributed by atoms with Gasteiger partial charge < -0.3 is 47.8 Å². The first kappa shape index (κ1) is 31.5. The van der Waals surface area contributed by atoms with Gasteiger partial charge in [-0.15, -0.1) is 0 Å². The van der Waals surface area contributed by atoms with Gasteiger partial charge in [0.15, 0.2) is 0 Å². The summed E-state index contributed by atoms with van der Waals surface area (Å²) >= 11 is 0. The van der Waals surface area contributed by atoms with E-state index in [4.69, 9.17) is 11.5 Å². The van der Waals surface area contributed by atoms with Gasteiger partial charge in [0.05, 0.1) is 12.6 Å². The molecule has 2 aromatic rings. The number of nitrogens with two attached hydrogens (primary N) is 2. The van der Waals surface area contributed by atoms with Crippen LogP contribution in [0.2, 0.25) is 0 Å². The van der Waals surface area contributed by atoms with Crippen LogP contribution >= 0.6 is 0 Å². The fourth-order valence-electron chi connectivity index (χ4n) is 3.59. The zero-order valence-corrected chi connectivity index (χ0v) is 21.4. The van der Waals surface area contributed by atoms with E-state index in [-0.39, 0.29) is 37.2 Å². The van der Waals surface area contributed by atoms with E-state index in [1.165, 1.54) is 48.5 Å². The molecule has 14 nitrogen and oxygen atoms in total. The number of carboxylic acid groups (broad SMARTS) is 1. The van der Waals surface area contributed by atoms with Crippen LogP contribution < -0.4 is 27.4 Å². The first-order valence-electron chi connectivity index (χ1n) is 12.2. The van der Waals surface area contributed by atoms with Gasteiger partial charge in [-0.3, -0.25) is 19.2 Å². The van der Waals surface area contributed by atoms with Crippen molar-refractivity contribution < 1.29 is 44.4 Å². The highest BCUT2D eigenvalue weighted by Gasteiger charge is 2.30. The Morgan fingerprint density at radius 2 is 1.12 bits per heavy atom. The van der Waals surface area contributed by atoms with E-state index in [1.54, 1.807) is 0 Å². The molecule has 0 aliphatic heterocycles. The molecule has 4 amide bonds. The van der Waals surface area contributed by atoms with E-state index < -0.39 is 60.4 Å². The molecule has 0 heterocycles. The molecule has 0 saturated carbocycles. The quantitative estimate of drug-likeness (QED) is 0.116. The van der Waals surface area contributed by atoms with Crippen molar-refractivity contribution in [1.29, 1.82) is 0 Å². The van der Waals surface area contributed by atoms with Crippen LogP contribution in [-0.2, 0) is 36.8 Å². The second kappa shape index (κ2) is 15.0. The number of carbonyl (C=O) groups excluding carboxylic acids is 4. The number of carboxylic acids is 1. The zero-order chi connectivity index (χ0) is 29.8. The number of hydrogen-bond acceptors (Lipinski definition) is 9. The fourth-order valence-corrected chi connectivity index (χ4v) is 3.59. The maximum absolute atomic E-state index is 13.2. The van der Waals surface area contributed by atoms with Gasteiger partial charge in [0.1, 0.15) is 29.6 Å². The summed E-state index contributed by atoms with van der Waals surface area (Å²) in [4.78, 5) is 61.3. The average Bonchev–Trinajstić information content (AvgIpc) is 2.91. The van der Waals surface area contributed by atoms with Crippen molar-refractivity contribution in [2.24, 2.45) is 11.5 Å². The van der Waals surface area contributed by atoms with E-state index in [1.807, 2.05) is 0 Å². The van der Waals surface area contributed by atoms with Gasteiger partial charge in [-0.25, -0.2) is 4.79 Å². The summed E-state index contributed by atoms with van der Waals surface area (Å²) in [6.45, 7) is -0.855. The Morgan fingerprint density at radius 1 is 0.700 bits per heavy atom. The number of rotatable bonds is 15. The van der Waals surface area contributed by atoms with Crippen LogP contribution in [0.15, 0.2) is 48.5 Å². The molecule has 0 spiro atoms. The van der Waals surface area contributed by atoms with Crippen LogP contribution in [0, 0.1) is 0 Å². The number of aliphatic carboxylic acids is 1. The molecule has 4 unspecified atom stereocenters. The lowest BCUT2D eigenvalue weighted by Gasteiger charge is -2.24. The molecule has 4 atom stereocenters. The number of nitrogens with one attached hydrogen (secondary N) is 3. The predicted octanol–water partition coefficient (Wildman–Crippen LogP) is -1.99. The van der Waals surface area contributed by atoms with Gasteiger partial charge >= 0.3 is 5.97 Å². The molecular formula is C26H33N5O9. The number of primary amides is 1. The summed E-state index contributed by atoms with van der Waals surface area (Å²) in [6, 6.07) is 5.98. The Bertz CT molecular complexity index is 1190. The smallest absolute Gasteiger partial charge is 0.326 e. The normalized spacial score (nSPS) is 13.8. The van der Waals surface area contributed by atoms with Gasteiger partial charge in [-0.1, -0.05) is 24.3 Å². The molecule has 2 rings (SSSR count). The van der Waals surface area contributed by atoms with Crippen LogP contribution in [0.25, 0.3) is 0 Å². The molecular weight excluding hydrogens is 526 g/mol. The van der Waals surface area contributed by atoms with E-state index in [9.17, 15) is 44.4 Å². The van der Waals surface area contributed by atoms with Gasteiger partial charge in [0, 0.05) is 19.3 Å². The molecule has 0 aromatic heterocycles. The van der Waals surface area contributed by atoms with Crippen LogP contribution in [0.1, 0.15) is 24.0 Å². The first-order chi connectivity index (χ1) is 18.9.